The molecule has 12 heteroatoms. The van der Waals surface area contributed by atoms with Gasteiger partial charge in [-0.3, -0.25) is 14.5 Å². The molecule has 1 unspecified atom stereocenters. The molecule has 2 aliphatic heterocycles. The van der Waals surface area contributed by atoms with Crippen LogP contribution in [0.5, 0.6) is 0 Å². The average Bonchev–Trinajstić information content (AvgIpc) is 3.59. The number of nitrogens with one attached hydrogen (secondary N) is 1. The summed E-state index contributed by atoms with van der Waals surface area (Å²) in [4.78, 5) is 35.9. The Morgan fingerprint density at radius 1 is 1.27 bits per heavy atom. The lowest BCUT2D eigenvalue weighted by molar-refractivity contribution is 0.136. The van der Waals surface area contributed by atoms with Crippen molar-refractivity contribution < 1.29 is 14.3 Å². The zero-order valence-corrected chi connectivity index (χ0v) is 23.2. The molecule has 0 aliphatic carbocycles. The number of fused-ring (bicyclic) bond motifs is 2. The van der Waals surface area contributed by atoms with Crippen LogP contribution in [0.2, 0.25) is 0 Å². The number of anilines is 1. The first-order chi connectivity index (χ1) is 19.7. The van der Waals surface area contributed by atoms with Crippen LogP contribution in [-0.4, -0.2) is 86.1 Å². The lowest BCUT2D eigenvalue weighted by atomic mass is 9.99. The Bertz CT molecular complexity index is 1790. The lowest BCUT2D eigenvalue weighted by Crippen LogP contribution is -2.54. The monoisotopic (exact) mass is 558 g/mol. The van der Waals surface area contributed by atoms with E-state index in [2.05, 4.69) is 21.2 Å². The number of halogens is 1. The summed E-state index contributed by atoms with van der Waals surface area (Å²) in [6.45, 7) is 5.56. The number of piperazine rings is 1. The Morgan fingerprint density at radius 3 is 2.76 bits per heavy atom. The number of aryl methyl sites for hydroxylation is 1. The summed E-state index contributed by atoms with van der Waals surface area (Å²) in [5.41, 5.74) is 2.27. The van der Waals surface area contributed by atoms with E-state index in [-0.39, 0.29) is 43.0 Å². The molecule has 6 rings (SSSR count). The predicted octanol–water partition coefficient (Wildman–Crippen LogP) is 3.54. The fourth-order valence-electron chi connectivity index (χ4n) is 6.40. The second kappa shape index (κ2) is 10.2. The number of rotatable bonds is 4. The molecule has 4 aromatic rings. The lowest BCUT2D eigenvalue weighted by Gasteiger charge is -2.41. The number of nitriles is 1. The molecule has 41 heavy (non-hydrogen) atoms. The van der Waals surface area contributed by atoms with Crippen LogP contribution in [0, 0.1) is 24.1 Å². The van der Waals surface area contributed by atoms with E-state index in [1.165, 1.54) is 15.5 Å². The average molecular weight is 559 g/mol. The zero-order chi connectivity index (χ0) is 29.0. The van der Waals surface area contributed by atoms with Crippen LogP contribution >= 0.6 is 0 Å². The van der Waals surface area contributed by atoms with Gasteiger partial charge in [0.1, 0.15) is 28.8 Å². The molecule has 0 bridgehead atoms. The third-order valence-electron chi connectivity index (χ3n) is 8.59. The number of benzene rings is 1. The SMILES string of the molecule is Cc1ccc2[nH]ncc2c1-c1nc2c(cc1F)c(N1CCN(C(=O)O)C[C@@H]1C)c(C#N)c(=O)n2CC1CCCN1C. The highest BCUT2D eigenvalue weighted by atomic mass is 19.1. The first-order valence-electron chi connectivity index (χ1n) is 13.7. The molecule has 0 radical (unpaired) electrons. The Hall–Kier alpha value is -4.50. The number of carbonyl (C=O) groups is 1. The quantitative estimate of drug-likeness (QED) is 0.389. The van der Waals surface area contributed by atoms with E-state index in [1.54, 1.807) is 6.20 Å². The van der Waals surface area contributed by atoms with Crippen molar-refractivity contribution in [3.8, 4) is 17.3 Å². The van der Waals surface area contributed by atoms with Gasteiger partial charge in [0, 0.05) is 54.6 Å². The number of likely N-dealkylation sites (tertiary alicyclic amines) is 1. The molecule has 2 atom stereocenters. The van der Waals surface area contributed by atoms with E-state index in [0.717, 1.165) is 30.5 Å². The smallest absolute Gasteiger partial charge is 0.407 e. The summed E-state index contributed by atoms with van der Waals surface area (Å²) in [5, 5.41) is 27.9. The number of hydrogen-bond donors (Lipinski definition) is 2. The predicted molar refractivity (Wildman–Crippen MR) is 153 cm³/mol. The number of amides is 1. The molecule has 2 aliphatic rings. The van der Waals surface area contributed by atoms with Crippen LogP contribution in [0.1, 0.15) is 30.9 Å². The molecule has 5 heterocycles. The molecule has 0 spiro atoms. The Morgan fingerprint density at radius 2 is 2.07 bits per heavy atom. The van der Waals surface area contributed by atoms with E-state index in [9.17, 15) is 20.0 Å². The molecule has 1 aromatic carbocycles. The molecule has 2 saturated heterocycles. The maximum absolute atomic E-state index is 16.2. The summed E-state index contributed by atoms with van der Waals surface area (Å²) in [5.74, 6) is -0.584. The van der Waals surface area contributed by atoms with Gasteiger partial charge in [-0.25, -0.2) is 14.2 Å². The first kappa shape index (κ1) is 26.7. The van der Waals surface area contributed by atoms with Crippen LogP contribution in [-0.2, 0) is 6.54 Å². The van der Waals surface area contributed by atoms with Gasteiger partial charge in [0.2, 0.25) is 0 Å². The van der Waals surface area contributed by atoms with E-state index < -0.39 is 17.5 Å². The van der Waals surface area contributed by atoms with Gasteiger partial charge in [0.15, 0.2) is 0 Å². The molecule has 11 nitrogen and oxygen atoms in total. The molecule has 2 fully saturated rings. The van der Waals surface area contributed by atoms with Gasteiger partial charge >= 0.3 is 6.09 Å². The summed E-state index contributed by atoms with van der Waals surface area (Å²) in [6.07, 6.45) is 2.50. The third kappa shape index (κ3) is 4.37. The van der Waals surface area contributed by atoms with E-state index in [1.807, 2.05) is 37.9 Å². The second-order valence-corrected chi connectivity index (χ2v) is 11.1. The minimum atomic E-state index is -1.03. The van der Waals surface area contributed by atoms with Gasteiger partial charge in [0.25, 0.3) is 5.56 Å². The van der Waals surface area contributed by atoms with Crippen LogP contribution in [0.15, 0.2) is 29.2 Å². The van der Waals surface area contributed by atoms with E-state index in [0.29, 0.717) is 34.2 Å². The molecule has 212 valence electrons. The highest BCUT2D eigenvalue weighted by Crippen LogP contribution is 2.37. The van der Waals surface area contributed by atoms with Crippen molar-refractivity contribution in [2.75, 3.05) is 38.1 Å². The van der Waals surface area contributed by atoms with Crippen molar-refractivity contribution in [2.24, 2.45) is 0 Å². The maximum atomic E-state index is 16.2. The minimum absolute atomic E-state index is 0.0701. The number of hydrogen-bond acceptors (Lipinski definition) is 7. The van der Waals surface area contributed by atoms with Crippen LogP contribution in [0.4, 0.5) is 14.9 Å². The van der Waals surface area contributed by atoms with Gasteiger partial charge in [-0.05, 0) is 58.0 Å². The van der Waals surface area contributed by atoms with Gasteiger partial charge in [-0.15, -0.1) is 0 Å². The van der Waals surface area contributed by atoms with Crippen molar-refractivity contribution in [2.45, 2.75) is 45.3 Å². The first-order valence-corrected chi connectivity index (χ1v) is 13.7. The van der Waals surface area contributed by atoms with Gasteiger partial charge < -0.3 is 19.8 Å². The van der Waals surface area contributed by atoms with Crippen LogP contribution < -0.4 is 10.5 Å². The Balaban J connectivity index is 1.63. The topological polar surface area (TPSA) is 134 Å². The third-order valence-corrected chi connectivity index (χ3v) is 8.59. The number of likely N-dealkylation sites (N-methyl/N-ethyl adjacent to an activating group) is 1. The minimum Gasteiger partial charge on any atom is -0.465 e. The van der Waals surface area contributed by atoms with E-state index in [4.69, 9.17) is 4.98 Å². The van der Waals surface area contributed by atoms with Gasteiger partial charge in [-0.1, -0.05) is 6.07 Å². The maximum Gasteiger partial charge on any atom is 0.407 e. The zero-order valence-electron chi connectivity index (χ0n) is 23.2. The number of carboxylic acid groups (broad SMARTS) is 1. The largest absolute Gasteiger partial charge is 0.465 e. The summed E-state index contributed by atoms with van der Waals surface area (Å²) >= 11 is 0. The highest BCUT2D eigenvalue weighted by Gasteiger charge is 2.33. The molecule has 3 aromatic heterocycles. The van der Waals surface area contributed by atoms with Crippen molar-refractivity contribution in [3.05, 3.63) is 51.7 Å². The van der Waals surface area contributed by atoms with Crippen molar-refractivity contribution in [3.63, 3.8) is 0 Å². The molecule has 1 amide bonds. The fourth-order valence-corrected chi connectivity index (χ4v) is 6.40. The van der Waals surface area contributed by atoms with Crippen molar-refractivity contribution >= 4 is 33.7 Å². The summed E-state index contributed by atoms with van der Waals surface area (Å²) < 4.78 is 17.7. The van der Waals surface area contributed by atoms with Gasteiger partial charge in [-0.2, -0.15) is 10.4 Å². The molecular formula is C29H31FN8O3. The van der Waals surface area contributed by atoms with Crippen LogP contribution in [0.25, 0.3) is 33.2 Å². The molecular weight excluding hydrogens is 527 g/mol. The standard InChI is InChI=1S/C29H31FN8O3/c1-16-6-7-23-21(13-32-34-23)24(16)25-22(30)11-19-26(37-10-9-36(29(40)41)14-17(37)2)20(12-31)28(39)38(27(19)33-25)15-18-5-4-8-35(18)3/h6-7,11,13,17-18H,4-5,8-10,14-15H2,1-3H3,(H,32,34)(H,40,41)/t17-,18?/m0/s1. The number of pyridine rings is 2. The Kier molecular flexibility index (Phi) is 6.62. The number of aromatic amines is 1. The molecule has 0 saturated carbocycles. The number of H-pyrrole nitrogens is 1. The van der Waals surface area contributed by atoms with Crippen LogP contribution in [0.3, 0.4) is 0 Å². The number of nitrogens with zero attached hydrogens (tertiary/aromatic N) is 7. The Labute approximate surface area is 235 Å². The molecule has 2 N–H and O–H groups in total. The fraction of sp³-hybridized carbons (Fsp3) is 0.414. The summed E-state index contributed by atoms with van der Waals surface area (Å²) in [6, 6.07) is 6.94. The van der Waals surface area contributed by atoms with Crippen molar-refractivity contribution in [1.29, 1.82) is 5.26 Å². The highest BCUT2D eigenvalue weighted by molar-refractivity contribution is 5.99. The van der Waals surface area contributed by atoms with E-state index >= 15 is 4.39 Å². The summed E-state index contributed by atoms with van der Waals surface area (Å²) in [7, 11) is 2.01. The normalized spacial score (nSPS) is 19.8. The van der Waals surface area contributed by atoms with Crippen molar-refractivity contribution in [1.82, 2.24) is 29.5 Å². The van der Waals surface area contributed by atoms with Gasteiger partial charge in [0.05, 0.1) is 17.4 Å². The number of aromatic nitrogens is 4. The second-order valence-electron chi connectivity index (χ2n) is 11.1.